The van der Waals surface area contributed by atoms with E-state index in [4.69, 9.17) is 14.1 Å². The number of hydrogen-bond donors (Lipinski definition) is 1. The summed E-state index contributed by atoms with van der Waals surface area (Å²) >= 11 is 1.51. The van der Waals surface area contributed by atoms with Gasteiger partial charge in [0, 0.05) is 16.0 Å². The number of fused-ring (bicyclic) bond motifs is 2. The molecule has 0 spiro atoms. The lowest BCUT2D eigenvalue weighted by Gasteiger charge is -2.09. The van der Waals surface area contributed by atoms with Crippen molar-refractivity contribution in [2.24, 2.45) is 4.99 Å². The minimum atomic E-state index is -0.336. The van der Waals surface area contributed by atoms with Crippen molar-refractivity contribution in [3.8, 4) is 11.8 Å². The highest BCUT2D eigenvalue weighted by atomic mass is 32.1. The first-order chi connectivity index (χ1) is 16.6. The van der Waals surface area contributed by atoms with Crippen LogP contribution in [0.25, 0.3) is 11.0 Å². The SMILES string of the molecule is COc1cccc2cc(C(=O)Nc3cccc(C)c3)c(=Nc3sc4c(c3C#N)CCCC4)oc12. The van der Waals surface area contributed by atoms with Crippen LogP contribution in [0.3, 0.4) is 0 Å². The van der Waals surface area contributed by atoms with Crippen LogP contribution in [-0.4, -0.2) is 13.0 Å². The molecule has 7 heteroatoms. The zero-order valence-electron chi connectivity index (χ0n) is 19.0. The summed E-state index contributed by atoms with van der Waals surface area (Å²) in [6.07, 6.45) is 4.01. The molecule has 0 bridgehead atoms. The number of carbonyl (C=O) groups excluding carboxylic acids is 1. The second-order valence-corrected chi connectivity index (χ2v) is 9.37. The number of carbonyl (C=O) groups is 1. The number of rotatable bonds is 4. The van der Waals surface area contributed by atoms with Gasteiger partial charge in [-0.3, -0.25) is 4.79 Å². The number of anilines is 1. The van der Waals surface area contributed by atoms with Crippen molar-refractivity contribution in [1.82, 2.24) is 0 Å². The maximum absolute atomic E-state index is 13.4. The molecular weight excluding hydrogens is 446 g/mol. The number of aryl methyl sites for hydroxylation is 2. The molecule has 0 unspecified atom stereocenters. The molecule has 5 rings (SSSR count). The molecule has 2 heterocycles. The first kappa shape index (κ1) is 21.9. The summed E-state index contributed by atoms with van der Waals surface area (Å²) in [6, 6.07) is 17.2. The third kappa shape index (κ3) is 4.09. The number of thiophene rings is 1. The van der Waals surface area contributed by atoms with Gasteiger partial charge in [0.1, 0.15) is 16.6 Å². The number of benzene rings is 2. The van der Waals surface area contributed by atoms with Gasteiger partial charge in [-0.25, -0.2) is 4.99 Å². The third-order valence-corrected chi connectivity index (χ3v) is 7.13. The van der Waals surface area contributed by atoms with Crippen molar-refractivity contribution in [3.63, 3.8) is 0 Å². The lowest BCUT2D eigenvalue weighted by Crippen LogP contribution is -2.21. The van der Waals surface area contributed by atoms with E-state index in [0.29, 0.717) is 27.6 Å². The van der Waals surface area contributed by atoms with Gasteiger partial charge in [-0.2, -0.15) is 5.26 Å². The Morgan fingerprint density at radius 2 is 2.00 bits per heavy atom. The second kappa shape index (κ2) is 9.16. The summed E-state index contributed by atoms with van der Waals surface area (Å²) in [4.78, 5) is 19.3. The largest absolute Gasteiger partial charge is 0.493 e. The molecule has 170 valence electrons. The van der Waals surface area contributed by atoms with E-state index in [0.717, 1.165) is 42.2 Å². The van der Waals surface area contributed by atoms with Crippen molar-refractivity contribution in [2.75, 3.05) is 12.4 Å². The van der Waals surface area contributed by atoms with Gasteiger partial charge in [0.05, 0.1) is 12.7 Å². The van der Waals surface area contributed by atoms with Gasteiger partial charge >= 0.3 is 0 Å². The Bertz CT molecular complexity index is 1520. The number of nitrogens with zero attached hydrogens (tertiary/aromatic N) is 2. The lowest BCUT2D eigenvalue weighted by atomic mass is 9.96. The summed E-state index contributed by atoms with van der Waals surface area (Å²) in [7, 11) is 1.57. The summed E-state index contributed by atoms with van der Waals surface area (Å²) in [6.45, 7) is 1.97. The first-order valence-electron chi connectivity index (χ1n) is 11.2. The van der Waals surface area contributed by atoms with Gasteiger partial charge in [-0.1, -0.05) is 24.3 Å². The van der Waals surface area contributed by atoms with E-state index in [2.05, 4.69) is 11.4 Å². The van der Waals surface area contributed by atoms with E-state index < -0.39 is 0 Å². The molecule has 34 heavy (non-hydrogen) atoms. The van der Waals surface area contributed by atoms with E-state index in [1.165, 1.54) is 16.2 Å². The van der Waals surface area contributed by atoms with Crippen LogP contribution in [0.1, 0.15) is 44.8 Å². The summed E-state index contributed by atoms with van der Waals surface area (Å²) in [5.74, 6) is 0.211. The molecule has 0 aliphatic heterocycles. The predicted molar refractivity (Wildman–Crippen MR) is 133 cm³/mol. The Kier molecular flexibility index (Phi) is 5.91. The molecule has 4 aromatic rings. The predicted octanol–water partition coefficient (Wildman–Crippen LogP) is 6.05. The molecule has 0 fully saturated rings. The van der Waals surface area contributed by atoms with Gasteiger partial charge < -0.3 is 14.5 Å². The molecule has 1 aliphatic carbocycles. The summed E-state index contributed by atoms with van der Waals surface area (Å²) in [5, 5.41) is 14.1. The van der Waals surface area contributed by atoms with E-state index in [9.17, 15) is 10.1 Å². The van der Waals surface area contributed by atoms with Crippen LogP contribution in [0.5, 0.6) is 5.75 Å². The average molecular weight is 470 g/mol. The van der Waals surface area contributed by atoms with Gasteiger partial charge in [-0.05, 0) is 68.0 Å². The highest BCUT2D eigenvalue weighted by Gasteiger charge is 2.22. The molecule has 0 radical (unpaired) electrons. The molecule has 2 aromatic carbocycles. The van der Waals surface area contributed by atoms with E-state index in [-0.39, 0.29) is 17.0 Å². The molecular formula is C27H23N3O3S. The van der Waals surface area contributed by atoms with Crippen LogP contribution in [-0.2, 0) is 12.8 Å². The van der Waals surface area contributed by atoms with Gasteiger partial charge in [0.15, 0.2) is 11.3 Å². The van der Waals surface area contributed by atoms with Crippen molar-refractivity contribution in [1.29, 1.82) is 5.26 Å². The number of amides is 1. The van der Waals surface area contributed by atoms with Crippen LogP contribution < -0.4 is 15.6 Å². The third-order valence-electron chi connectivity index (χ3n) is 5.95. The maximum atomic E-state index is 13.4. The van der Waals surface area contributed by atoms with Gasteiger partial charge in [-0.15, -0.1) is 11.3 Å². The Hall–Kier alpha value is -3.89. The highest BCUT2D eigenvalue weighted by molar-refractivity contribution is 7.16. The van der Waals surface area contributed by atoms with Crippen LogP contribution in [0.4, 0.5) is 10.7 Å². The Morgan fingerprint density at radius 1 is 1.18 bits per heavy atom. The summed E-state index contributed by atoms with van der Waals surface area (Å²) < 4.78 is 11.6. The molecule has 0 atom stereocenters. The quantitative estimate of drug-likeness (QED) is 0.394. The van der Waals surface area contributed by atoms with Crippen molar-refractivity contribution in [2.45, 2.75) is 32.6 Å². The fourth-order valence-electron chi connectivity index (χ4n) is 4.29. The molecule has 1 amide bonds. The number of nitrogens with one attached hydrogen (secondary N) is 1. The van der Waals surface area contributed by atoms with Gasteiger partial charge in [0.2, 0.25) is 5.55 Å². The number of hydrogen-bond acceptors (Lipinski definition) is 6. The zero-order valence-corrected chi connectivity index (χ0v) is 19.8. The summed E-state index contributed by atoms with van der Waals surface area (Å²) in [5.41, 5.74) is 4.33. The minimum absolute atomic E-state index is 0.150. The molecule has 1 N–H and O–H groups in total. The molecule has 2 aromatic heterocycles. The highest BCUT2D eigenvalue weighted by Crippen LogP contribution is 2.39. The Balaban J connectivity index is 1.70. The Morgan fingerprint density at radius 3 is 2.79 bits per heavy atom. The van der Waals surface area contributed by atoms with Crippen LogP contribution in [0.2, 0.25) is 0 Å². The van der Waals surface area contributed by atoms with Crippen molar-refractivity contribution < 1.29 is 13.9 Å². The number of nitriles is 1. The maximum Gasteiger partial charge on any atom is 0.261 e. The fraction of sp³-hybridized carbons (Fsp3) is 0.222. The number of ether oxygens (including phenoxy) is 1. The molecule has 0 saturated heterocycles. The molecule has 6 nitrogen and oxygen atoms in total. The Labute approximate surface area is 201 Å². The topological polar surface area (TPSA) is 87.6 Å². The van der Waals surface area contributed by atoms with E-state index in [1.807, 2.05) is 43.3 Å². The van der Waals surface area contributed by atoms with Crippen molar-refractivity contribution >= 4 is 38.9 Å². The monoisotopic (exact) mass is 469 g/mol. The molecule has 1 aliphatic rings. The second-order valence-electron chi connectivity index (χ2n) is 8.28. The standard InChI is InChI=1S/C27H23N3O3S/c1-16-7-5-9-18(13-16)29-25(31)20-14-17-8-6-11-22(32-2)24(17)33-26(20)30-27-21(15-28)19-10-3-4-12-23(19)34-27/h5-9,11,13-14H,3-4,10,12H2,1-2H3,(H,29,31). The smallest absolute Gasteiger partial charge is 0.261 e. The fourth-order valence-corrected chi connectivity index (χ4v) is 5.50. The average Bonchev–Trinajstić information content (AvgIpc) is 3.20. The lowest BCUT2D eigenvalue weighted by molar-refractivity contribution is 0.102. The number of para-hydroxylation sites is 1. The van der Waals surface area contributed by atoms with Crippen LogP contribution in [0.15, 0.2) is 57.9 Å². The number of methoxy groups -OCH3 is 1. The molecule has 0 saturated carbocycles. The minimum Gasteiger partial charge on any atom is -0.493 e. The van der Waals surface area contributed by atoms with E-state index >= 15 is 0 Å². The van der Waals surface area contributed by atoms with Gasteiger partial charge in [0.25, 0.3) is 5.91 Å². The first-order valence-corrected chi connectivity index (χ1v) is 12.0. The zero-order chi connectivity index (χ0) is 23.7. The van der Waals surface area contributed by atoms with E-state index in [1.54, 1.807) is 19.2 Å². The normalized spacial score (nSPS) is 13.4. The van der Waals surface area contributed by atoms with Crippen LogP contribution in [0, 0.1) is 18.3 Å². The van der Waals surface area contributed by atoms with Crippen molar-refractivity contribution in [3.05, 3.63) is 81.2 Å². The van der Waals surface area contributed by atoms with Crippen LogP contribution >= 0.6 is 11.3 Å².